The van der Waals surface area contributed by atoms with E-state index in [0.717, 1.165) is 23.7 Å². The Morgan fingerprint density at radius 3 is 0.871 bits per heavy atom. The molecule has 0 heterocycles. The zero-order valence-electron chi connectivity index (χ0n) is 20.9. The third kappa shape index (κ3) is 6.93. The van der Waals surface area contributed by atoms with Gasteiger partial charge in [0.25, 0.3) is 0 Å². The molecule has 6 unspecified atom stereocenters. The first-order valence-corrected chi connectivity index (χ1v) is 13.9. The van der Waals surface area contributed by atoms with Crippen molar-refractivity contribution in [2.75, 3.05) is 0 Å². The van der Waals surface area contributed by atoms with Crippen LogP contribution >= 0.6 is 0 Å². The highest BCUT2D eigenvalue weighted by molar-refractivity contribution is 4.82. The maximum atomic E-state index is 6.56. The fraction of sp³-hybridized carbons (Fsp3) is 1.00. The highest BCUT2D eigenvalue weighted by Gasteiger charge is 2.32. The molecule has 0 aromatic rings. The van der Waals surface area contributed by atoms with Crippen LogP contribution in [0.3, 0.4) is 0 Å². The van der Waals surface area contributed by atoms with Gasteiger partial charge in [0.05, 0.1) is 36.6 Å². The fourth-order valence-corrected chi connectivity index (χ4v) is 6.67. The number of hydrogen-bond donors (Lipinski definition) is 0. The van der Waals surface area contributed by atoms with Crippen LogP contribution in [-0.4, -0.2) is 36.6 Å². The molecule has 0 N–H and O–H groups in total. The average Bonchev–Trinajstić information content (AvgIpc) is 2.76. The van der Waals surface area contributed by atoms with Gasteiger partial charge >= 0.3 is 0 Å². The van der Waals surface area contributed by atoms with Crippen molar-refractivity contribution >= 4 is 0 Å². The molecule has 3 nitrogen and oxygen atoms in total. The van der Waals surface area contributed by atoms with Gasteiger partial charge in [-0.05, 0) is 114 Å². The number of ether oxygens (including phenoxy) is 3. The van der Waals surface area contributed by atoms with E-state index in [1.54, 1.807) is 0 Å². The van der Waals surface area contributed by atoms with Gasteiger partial charge in [-0.15, -0.1) is 0 Å². The average molecular weight is 435 g/mol. The van der Waals surface area contributed by atoms with E-state index >= 15 is 0 Å². The lowest BCUT2D eigenvalue weighted by atomic mass is 9.80. The summed E-state index contributed by atoms with van der Waals surface area (Å²) in [5, 5.41) is 0. The first kappa shape index (κ1) is 24.0. The summed E-state index contributed by atoms with van der Waals surface area (Å²) in [6.07, 6.45) is 20.2. The van der Waals surface area contributed by atoms with Gasteiger partial charge in [0.2, 0.25) is 0 Å². The predicted octanol–water partition coefficient (Wildman–Crippen LogP) is 7.31. The van der Waals surface area contributed by atoms with Gasteiger partial charge in [0, 0.05) is 0 Å². The summed E-state index contributed by atoms with van der Waals surface area (Å²) < 4.78 is 19.6. The van der Waals surface area contributed by atoms with Crippen LogP contribution in [0.5, 0.6) is 0 Å². The summed E-state index contributed by atoms with van der Waals surface area (Å²) in [4.78, 5) is 0. The van der Waals surface area contributed by atoms with E-state index in [0.29, 0.717) is 36.6 Å². The van der Waals surface area contributed by atoms with Crippen molar-refractivity contribution < 1.29 is 14.2 Å². The Morgan fingerprint density at radius 1 is 0.323 bits per heavy atom. The minimum atomic E-state index is 0.466. The second-order valence-electron chi connectivity index (χ2n) is 12.0. The van der Waals surface area contributed by atoms with E-state index in [9.17, 15) is 0 Å². The van der Waals surface area contributed by atoms with Crippen LogP contribution < -0.4 is 0 Å². The largest absolute Gasteiger partial charge is 0.375 e. The Hall–Kier alpha value is -0.120. The molecule has 0 aliphatic heterocycles. The molecular formula is C28H50O3. The SMILES string of the molecule is CC1CCC(OC2CCC(OC3CCC(OC4CCC(C)C(C)C4)CC3)CC2)CC1C. The minimum absolute atomic E-state index is 0.466. The van der Waals surface area contributed by atoms with Crippen molar-refractivity contribution in [2.24, 2.45) is 23.7 Å². The standard InChI is InChI=1S/C28H50O3/c1-19-5-7-27(17-21(19)3)30-25-13-9-23(10-14-25)29-24-11-15-26(16-12-24)31-28-8-6-20(2)22(4)18-28/h19-28H,5-18H2,1-4H3. The molecule has 0 aromatic carbocycles. The van der Waals surface area contributed by atoms with Gasteiger partial charge in [0.1, 0.15) is 0 Å². The number of rotatable bonds is 6. The van der Waals surface area contributed by atoms with Gasteiger partial charge in [0.15, 0.2) is 0 Å². The Labute approximate surface area is 192 Å². The Balaban J connectivity index is 1.09. The van der Waals surface area contributed by atoms with E-state index in [2.05, 4.69) is 27.7 Å². The third-order valence-corrected chi connectivity index (χ3v) is 9.50. The quantitative estimate of drug-likeness (QED) is 0.439. The second-order valence-corrected chi connectivity index (χ2v) is 12.0. The van der Waals surface area contributed by atoms with Crippen molar-refractivity contribution in [3.05, 3.63) is 0 Å². The molecule has 4 fully saturated rings. The summed E-state index contributed by atoms with van der Waals surface area (Å²) in [5.74, 6) is 3.39. The molecule has 4 rings (SSSR count). The molecule has 6 atom stereocenters. The molecular weight excluding hydrogens is 384 g/mol. The van der Waals surface area contributed by atoms with Gasteiger partial charge in [-0.3, -0.25) is 0 Å². The summed E-state index contributed by atoms with van der Waals surface area (Å²) in [6.45, 7) is 9.61. The van der Waals surface area contributed by atoms with E-state index in [4.69, 9.17) is 14.2 Å². The molecule has 0 saturated heterocycles. The maximum absolute atomic E-state index is 6.56. The van der Waals surface area contributed by atoms with Crippen molar-refractivity contribution in [2.45, 2.75) is 154 Å². The Bertz CT molecular complexity index is 474. The fourth-order valence-electron chi connectivity index (χ4n) is 6.67. The van der Waals surface area contributed by atoms with E-state index < -0.39 is 0 Å². The third-order valence-electron chi connectivity index (χ3n) is 9.50. The van der Waals surface area contributed by atoms with Crippen LogP contribution in [0.1, 0.15) is 118 Å². The molecule has 31 heavy (non-hydrogen) atoms. The van der Waals surface area contributed by atoms with Crippen molar-refractivity contribution in [1.29, 1.82) is 0 Å². The summed E-state index contributed by atoms with van der Waals surface area (Å²) in [7, 11) is 0. The summed E-state index contributed by atoms with van der Waals surface area (Å²) in [6, 6.07) is 0. The lowest BCUT2D eigenvalue weighted by molar-refractivity contribution is -0.114. The monoisotopic (exact) mass is 434 g/mol. The lowest BCUT2D eigenvalue weighted by Crippen LogP contribution is -2.36. The topological polar surface area (TPSA) is 27.7 Å². The van der Waals surface area contributed by atoms with Crippen LogP contribution in [0.15, 0.2) is 0 Å². The molecule has 4 saturated carbocycles. The normalized spacial score (nSPS) is 47.2. The Kier molecular flexibility index (Phi) is 8.79. The van der Waals surface area contributed by atoms with Gasteiger partial charge in [-0.25, -0.2) is 0 Å². The van der Waals surface area contributed by atoms with Crippen molar-refractivity contribution in [3.8, 4) is 0 Å². The van der Waals surface area contributed by atoms with Crippen molar-refractivity contribution in [1.82, 2.24) is 0 Å². The van der Waals surface area contributed by atoms with E-state index in [1.807, 2.05) is 0 Å². The zero-order chi connectivity index (χ0) is 21.8. The lowest BCUT2D eigenvalue weighted by Gasteiger charge is -2.39. The molecule has 4 aliphatic carbocycles. The van der Waals surface area contributed by atoms with Gasteiger partial charge in [-0.1, -0.05) is 27.7 Å². The molecule has 0 spiro atoms. The smallest absolute Gasteiger partial charge is 0.0581 e. The molecule has 0 radical (unpaired) electrons. The van der Waals surface area contributed by atoms with Crippen molar-refractivity contribution in [3.63, 3.8) is 0 Å². The maximum Gasteiger partial charge on any atom is 0.0581 e. The summed E-state index contributed by atoms with van der Waals surface area (Å²) >= 11 is 0. The van der Waals surface area contributed by atoms with Crippen LogP contribution in [-0.2, 0) is 14.2 Å². The molecule has 4 aliphatic rings. The molecule has 180 valence electrons. The molecule has 0 amide bonds. The Morgan fingerprint density at radius 2 is 0.581 bits per heavy atom. The minimum Gasteiger partial charge on any atom is -0.375 e. The predicted molar refractivity (Wildman–Crippen MR) is 127 cm³/mol. The van der Waals surface area contributed by atoms with Crippen LogP contribution in [0.4, 0.5) is 0 Å². The molecule has 0 bridgehead atoms. The second kappa shape index (κ2) is 11.3. The van der Waals surface area contributed by atoms with E-state index in [-0.39, 0.29) is 0 Å². The highest BCUT2D eigenvalue weighted by Crippen LogP contribution is 2.36. The molecule has 0 aromatic heterocycles. The van der Waals surface area contributed by atoms with Crippen LogP contribution in [0.2, 0.25) is 0 Å². The zero-order valence-corrected chi connectivity index (χ0v) is 20.9. The van der Waals surface area contributed by atoms with Crippen LogP contribution in [0.25, 0.3) is 0 Å². The molecule has 3 heteroatoms. The first-order chi connectivity index (χ1) is 15.0. The summed E-state index contributed by atoms with van der Waals surface area (Å²) in [5.41, 5.74) is 0. The van der Waals surface area contributed by atoms with Crippen LogP contribution in [0, 0.1) is 23.7 Å². The number of hydrogen-bond acceptors (Lipinski definition) is 3. The first-order valence-electron chi connectivity index (χ1n) is 13.9. The van der Waals surface area contributed by atoms with Gasteiger partial charge < -0.3 is 14.2 Å². The van der Waals surface area contributed by atoms with Gasteiger partial charge in [-0.2, -0.15) is 0 Å². The highest BCUT2D eigenvalue weighted by atomic mass is 16.5. The van der Waals surface area contributed by atoms with E-state index in [1.165, 1.54) is 89.9 Å².